The van der Waals surface area contributed by atoms with Gasteiger partial charge < -0.3 is 5.32 Å². The van der Waals surface area contributed by atoms with E-state index in [-0.39, 0.29) is 11.8 Å². The number of hydrogen-bond donors (Lipinski definition) is 1. The molecule has 0 aliphatic heterocycles. The predicted molar refractivity (Wildman–Crippen MR) is 107 cm³/mol. The maximum atomic E-state index is 12.8. The number of benzene rings is 2. The molecule has 0 saturated carbocycles. The molecule has 0 radical (unpaired) electrons. The molecule has 2 aromatic carbocycles. The molecular formula is C20H26N2O3S. The lowest BCUT2D eigenvalue weighted by Crippen LogP contribution is -2.45. The molecule has 1 unspecified atom stereocenters. The van der Waals surface area contributed by atoms with Crippen molar-refractivity contribution < 1.29 is 13.2 Å². The van der Waals surface area contributed by atoms with Crippen LogP contribution in [-0.4, -0.2) is 26.6 Å². The maximum absolute atomic E-state index is 12.8. The van der Waals surface area contributed by atoms with Crippen molar-refractivity contribution in [2.75, 3.05) is 15.9 Å². The first-order valence-corrected chi connectivity index (χ1v) is 10.4. The fraction of sp³-hybridized carbons (Fsp3) is 0.350. The second-order valence-electron chi connectivity index (χ2n) is 6.80. The SMILES string of the molecule is Cc1ccc(N(C(C)C(=O)Nc2ccccc2C(C)C)S(C)(=O)=O)cc1. The van der Waals surface area contributed by atoms with E-state index in [1.54, 1.807) is 19.1 Å². The molecule has 6 heteroatoms. The molecule has 0 aromatic heterocycles. The maximum Gasteiger partial charge on any atom is 0.248 e. The predicted octanol–water partition coefficient (Wildman–Crippen LogP) is 3.91. The standard InChI is InChI=1S/C20H26N2O3S/c1-14(2)18-8-6-7-9-19(18)21-20(23)16(4)22(26(5,24)25)17-12-10-15(3)11-13-17/h6-14,16H,1-5H3,(H,21,23). The van der Waals surface area contributed by atoms with Gasteiger partial charge in [0.1, 0.15) is 6.04 Å². The second kappa shape index (κ2) is 7.91. The van der Waals surface area contributed by atoms with Crippen molar-refractivity contribution in [2.24, 2.45) is 0 Å². The van der Waals surface area contributed by atoms with Gasteiger partial charge in [-0.3, -0.25) is 9.10 Å². The minimum Gasteiger partial charge on any atom is -0.324 e. The summed E-state index contributed by atoms with van der Waals surface area (Å²) in [7, 11) is -3.62. The lowest BCUT2D eigenvalue weighted by Gasteiger charge is -2.28. The lowest BCUT2D eigenvalue weighted by atomic mass is 10.0. The topological polar surface area (TPSA) is 66.5 Å². The summed E-state index contributed by atoms with van der Waals surface area (Å²) >= 11 is 0. The number of nitrogens with zero attached hydrogens (tertiary/aromatic N) is 1. The van der Waals surface area contributed by atoms with Crippen LogP contribution >= 0.6 is 0 Å². The molecule has 140 valence electrons. The molecule has 2 rings (SSSR count). The Morgan fingerprint density at radius 3 is 2.12 bits per heavy atom. The summed E-state index contributed by atoms with van der Waals surface area (Å²) in [6.07, 6.45) is 1.11. The normalized spacial score (nSPS) is 12.7. The van der Waals surface area contributed by atoms with Crippen LogP contribution in [0, 0.1) is 6.92 Å². The van der Waals surface area contributed by atoms with Crippen molar-refractivity contribution in [1.82, 2.24) is 0 Å². The van der Waals surface area contributed by atoms with E-state index < -0.39 is 16.1 Å². The molecule has 0 heterocycles. The van der Waals surface area contributed by atoms with Gasteiger partial charge in [-0.15, -0.1) is 0 Å². The van der Waals surface area contributed by atoms with Crippen LogP contribution in [0.1, 0.15) is 37.8 Å². The molecule has 0 saturated heterocycles. The van der Waals surface area contributed by atoms with Crippen LogP contribution < -0.4 is 9.62 Å². The molecule has 1 amide bonds. The number of nitrogens with one attached hydrogen (secondary N) is 1. The van der Waals surface area contributed by atoms with Gasteiger partial charge in [0.05, 0.1) is 11.9 Å². The second-order valence-corrected chi connectivity index (χ2v) is 8.66. The van der Waals surface area contributed by atoms with Gasteiger partial charge in [-0.2, -0.15) is 0 Å². The number of hydrogen-bond acceptors (Lipinski definition) is 3. The third-order valence-electron chi connectivity index (χ3n) is 4.22. The van der Waals surface area contributed by atoms with Crippen molar-refractivity contribution in [1.29, 1.82) is 0 Å². The highest BCUT2D eigenvalue weighted by molar-refractivity contribution is 7.92. The van der Waals surface area contributed by atoms with E-state index >= 15 is 0 Å². The highest BCUT2D eigenvalue weighted by atomic mass is 32.2. The van der Waals surface area contributed by atoms with Gasteiger partial charge in [-0.05, 0) is 43.5 Å². The molecule has 5 nitrogen and oxygen atoms in total. The van der Waals surface area contributed by atoms with E-state index in [1.807, 2.05) is 57.2 Å². The summed E-state index contributed by atoms with van der Waals surface area (Å²) in [4.78, 5) is 12.8. The van der Waals surface area contributed by atoms with Crippen LogP contribution in [0.25, 0.3) is 0 Å². The van der Waals surface area contributed by atoms with E-state index in [1.165, 1.54) is 0 Å². The first-order valence-electron chi connectivity index (χ1n) is 8.57. The van der Waals surface area contributed by atoms with Crippen LogP contribution in [0.3, 0.4) is 0 Å². The summed E-state index contributed by atoms with van der Waals surface area (Å²) in [6, 6.07) is 13.7. The number of amides is 1. The smallest absolute Gasteiger partial charge is 0.248 e. The third kappa shape index (κ3) is 4.64. The van der Waals surface area contributed by atoms with Crippen molar-refractivity contribution in [3.05, 3.63) is 59.7 Å². The number of sulfonamides is 1. The number of carbonyl (C=O) groups is 1. The van der Waals surface area contributed by atoms with E-state index in [0.29, 0.717) is 11.4 Å². The van der Waals surface area contributed by atoms with Gasteiger partial charge in [-0.1, -0.05) is 49.7 Å². The molecule has 0 aliphatic carbocycles. The van der Waals surface area contributed by atoms with Gasteiger partial charge in [0.15, 0.2) is 0 Å². The zero-order valence-electron chi connectivity index (χ0n) is 15.9. The van der Waals surface area contributed by atoms with Crippen LogP contribution in [0.4, 0.5) is 11.4 Å². The molecule has 1 N–H and O–H groups in total. The Bertz CT molecular complexity index is 874. The molecule has 0 aliphatic rings. The fourth-order valence-electron chi connectivity index (χ4n) is 2.85. The molecule has 0 spiro atoms. The highest BCUT2D eigenvalue weighted by Crippen LogP contribution is 2.26. The minimum absolute atomic E-state index is 0.241. The van der Waals surface area contributed by atoms with E-state index in [4.69, 9.17) is 0 Å². The summed E-state index contributed by atoms with van der Waals surface area (Å²) < 4.78 is 25.8. The number of carbonyl (C=O) groups excluding carboxylic acids is 1. The quantitative estimate of drug-likeness (QED) is 0.833. The van der Waals surface area contributed by atoms with Crippen molar-refractivity contribution in [3.8, 4) is 0 Å². The summed E-state index contributed by atoms with van der Waals surface area (Å²) in [6.45, 7) is 7.61. The zero-order chi connectivity index (χ0) is 19.5. The molecule has 1 atom stereocenters. The van der Waals surface area contributed by atoms with Gasteiger partial charge in [0, 0.05) is 5.69 Å². The molecular weight excluding hydrogens is 348 g/mol. The number of para-hydroxylation sites is 1. The zero-order valence-corrected chi connectivity index (χ0v) is 16.7. The van der Waals surface area contributed by atoms with Crippen LogP contribution in [-0.2, 0) is 14.8 Å². The minimum atomic E-state index is -3.62. The van der Waals surface area contributed by atoms with E-state index in [9.17, 15) is 13.2 Å². The largest absolute Gasteiger partial charge is 0.324 e. The average Bonchev–Trinajstić information content (AvgIpc) is 2.55. The summed E-state index contributed by atoms with van der Waals surface area (Å²) in [5.41, 5.74) is 3.20. The Morgan fingerprint density at radius 2 is 1.58 bits per heavy atom. The lowest BCUT2D eigenvalue weighted by molar-refractivity contribution is -0.116. The van der Waals surface area contributed by atoms with Gasteiger partial charge in [0.25, 0.3) is 0 Å². The fourth-order valence-corrected chi connectivity index (χ4v) is 4.03. The number of aryl methyl sites for hydroxylation is 1. The number of rotatable bonds is 6. The third-order valence-corrected chi connectivity index (χ3v) is 5.46. The molecule has 26 heavy (non-hydrogen) atoms. The Balaban J connectivity index is 2.33. The van der Waals surface area contributed by atoms with Gasteiger partial charge >= 0.3 is 0 Å². The van der Waals surface area contributed by atoms with Crippen molar-refractivity contribution >= 4 is 27.3 Å². The Morgan fingerprint density at radius 1 is 1.00 bits per heavy atom. The number of anilines is 2. The van der Waals surface area contributed by atoms with E-state index in [0.717, 1.165) is 21.7 Å². The van der Waals surface area contributed by atoms with Gasteiger partial charge in [0.2, 0.25) is 15.9 Å². The first-order chi connectivity index (χ1) is 12.1. The Kier molecular flexibility index (Phi) is 6.08. The van der Waals surface area contributed by atoms with Crippen LogP contribution in [0.2, 0.25) is 0 Å². The molecule has 0 bridgehead atoms. The highest BCUT2D eigenvalue weighted by Gasteiger charge is 2.29. The van der Waals surface area contributed by atoms with Gasteiger partial charge in [-0.25, -0.2) is 8.42 Å². The monoisotopic (exact) mass is 374 g/mol. The summed E-state index contributed by atoms with van der Waals surface area (Å²) in [5, 5.41) is 2.88. The van der Waals surface area contributed by atoms with E-state index in [2.05, 4.69) is 5.32 Å². The molecule has 2 aromatic rings. The Hall–Kier alpha value is -2.34. The van der Waals surface area contributed by atoms with Crippen LogP contribution in [0.15, 0.2) is 48.5 Å². The van der Waals surface area contributed by atoms with Crippen LogP contribution in [0.5, 0.6) is 0 Å². The van der Waals surface area contributed by atoms with Crippen molar-refractivity contribution in [3.63, 3.8) is 0 Å². The Labute approximate surface area is 156 Å². The first kappa shape index (κ1) is 20.0. The summed E-state index contributed by atoms with van der Waals surface area (Å²) in [5.74, 6) is -0.131. The van der Waals surface area contributed by atoms with Crippen molar-refractivity contribution in [2.45, 2.75) is 39.7 Å². The average molecular weight is 375 g/mol. The molecule has 0 fully saturated rings.